The monoisotopic (exact) mass is 273 g/mol. The molecule has 0 unspecified atom stereocenters. The summed E-state index contributed by atoms with van der Waals surface area (Å²) in [5.74, 6) is 1.04. The van der Waals surface area contributed by atoms with E-state index in [0.29, 0.717) is 23.8 Å². The Balaban J connectivity index is 2.14. The molecule has 0 bridgehead atoms. The van der Waals surface area contributed by atoms with Crippen molar-refractivity contribution in [3.63, 3.8) is 0 Å². The van der Waals surface area contributed by atoms with Crippen LogP contribution in [0.25, 0.3) is 17.2 Å². The number of aryl methyl sites for hydroxylation is 2. The molecule has 3 heterocycles. The molecule has 0 saturated heterocycles. The van der Waals surface area contributed by atoms with Gasteiger partial charge in [0.15, 0.2) is 5.76 Å². The molecule has 0 aromatic carbocycles. The molecule has 0 amide bonds. The van der Waals surface area contributed by atoms with Crippen LogP contribution in [0.3, 0.4) is 0 Å². The smallest absolute Gasteiger partial charge is 0.356 e. The fourth-order valence-electron chi connectivity index (χ4n) is 2.25. The number of nitrogens with zero attached hydrogens (tertiary/aromatic N) is 3. The molecule has 0 atom stereocenters. The highest BCUT2D eigenvalue weighted by Gasteiger charge is 2.20. The van der Waals surface area contributed by atoms with Crippen LogP contribution >= 0.6 is 0 Å². The van der Waals surface area contributed by atoms with E-state index in [4.69, 9.17) is 9.15 Å². The summed E-state index contributed by atoms with van der Waals surface area (Å²) in [4.78, 5) is 16.4. The summed E-state index contributed by atoms with van der Waals surface area (Å²) < 4.78 is 14.0. The van der Waals surface area contributed by atoms with Crippen molar-refractivity contribution in [1.82, 2.24) is 14.0 Å². The maximum Gasteiger partial charge on any atom is 0.356 e. The molecule has 3 rings (SSSR count). The van der Waals surface area contributed by atoms with Crippen molar-refractivity contribution in [3.8, 4) is 11.5 Å². The van der Waals surface area contributed by atoms with Gasteiger partial charge in [-0.25, -0.2) is 9.78 Å². The SMILES string of the molecule is CCOC(=O)c1cn2c(C)c(-c3ccco3)nc2n1C. The summed E-state index contributed by atoms with van der Waals surface area (Å²) in [6, 6.07) is 3.68. The Morgan fingerprint density at radius 2 is 2.30 bits per heavy atom. The molecule has 6 heteroatoms. The normalized spacial score (nSPS) is 11.2. The molecule has 0 radical (unpaired) electrons. The van der Waals surface area contributed by atoms with E-state index in [0.717, 1.165) is 11.4 Å². The number of ether oxygens (including phenoxy) is 1. The Morgan fingerprint density at radius 1 is 1.50 bits per heavy atom. The van der Waals surface area contributed by atoms with Gasteiger partial charge >= 0.3 is 5.97 Å². The van der Waals surface area contributed by atoms with Gasteiger partial charge in [0.1, 0.15) is 11.4 Å². The van der Waals surface area contributed by atoms with Crippen LogP contribution in [0.15, 0.2) is 29.0 Å². The van der Waals surface area contributed by atoms with Crippen LogP contribution in [0.4, 0.5) is 0 Å². The van der Waals surface area contributed by atoms with Gasteiger partial charge in [0.25, 0.3) is 0 Å². The standard InChI is InChI=1S/C14H15N3O3/c1-4-19-13(18)10-8-17-9(2)12(11-6-5-7-20-11)15-14(17)16(10)3/h5-8H,4H2,1-3H3. The summed E-state index contributed by atoms with van der Waals surface area (Å²) in [5.41, 5.74) is 2.17. The number of imidazole rings is 2. The minimum Gasteiger partial charge on any atom is -0.463 e. The molecule has 20 heavy (non-hydrogen) atoms. The second-order valence-corrected chi connectivity index (χ2v) is 4.49. The van der Waals surface area contributed by atoms with E-state index in [2.05, 4.69) is 4.98 Å². The van der Waals surface area contributed by atoms with Crippen LogP contribution in [0, 0.1) is 6.92 Å². The topological polar surface area (TPSA) is 61.7 Å². The number of hydrogen-bond donors (Lipinski definition) is 0. The first-order valence-corrected chi connectivity index (χ1v) is 6.38. The molecule has 0 spiro atoms. The van der Waals surface area contributed by atoms with Crippen LogP contribution in [0.1, 0.15) is 23.1 Å². The average Bonchev–Trinajstić information content (AvgIpc) is 3.09. The van der Waals surface area contributed by atoms with E-state index in [-0.39, 0.29) is 5.97 Å². The molecule has 0 saturated carbocycles. The van der Waals surface area contributed by atoms with Crippen LogP contribution in [0.2, 0.25) is 0 Å². The van der Waals surface area contributed by atoms with Gasteiger partial charge in [0.2, 0.25) is 5.78 Å². The van der Waals surface area contributed by atoms with Crippen molar-refractivity contribution >= 4 is 11.7 Å². The number of aromatic nitrogens is 3. The zero-order valence-corrected chi connectivity index (χ0v) is 11.6. The summed E-state index contributed by atoms with van der Waals surface area (Å²) >= 11 is 0. The molecule has 0 aliphatic carbocycles. The molecule has 0 N–H and O–H groups in total. The summed E-state index contributed by atoms with van der Waals surface area (Å²) in [6.07, 6.45) is 3.35. The molecule has 104 valence electrons. The van der Waals surface area contributed by atoms with Crippen molar-refractivity contribution in [2.24, 2.45) is 7.05 Å². The van der Waals surface area contributed by atoms with Crippen molar-refractivity contribution in [2.45, 2.75) is 13.8 Å². The first-order chi connectivity index (χ1) is 9.63. The minimum atomic E-state index is -0.348. The zero-order chi connectivity index (χ0) is 14.3. The van der Waals surface area contributed by atoms with Gasteiger partial charge in [-0.05, 0) is 26.0 Å². The van der Waals surface area contributed by atoms with Gasteiger partial charge < -0.3 is 13.7 Å². The highest BCUT2D eigenvalue weighted by molar-refractivity contribution is 5.88. The molecule has 0 fully saturated rings. The fraction of sp³-hybridized carbons (Fsp3) is 0.286. The van der Waals surface area contributed by atoms with Crippen molar-refractivity contribution in [1.29, 1.82) is 0 Å². The Kier molecular flexibility index (Phi) is 2.85. The van der Waals surface area contributed by atoms with Crippen molar-refractivity contribution in [2.75, 3.05) is 6.61 Å². The number of esters is 1. The lowest BCUT2D eigenvalue weighted by molar-refractivity contribution is 0.0515. The molecular weight excluding hydrogens is 258 g/mol. The number of hydrogen-bond acceptors (Lipinski definition) is 4. The third kappa shape index (κ3) is 1.72. The first-order valence-electron chi connectivity index (χ1n) is 6.38. The van der Waals surface area contributed by atoms with E-state index in [9.17, 15) is 4.79 Å². The number of furan rings is 1. The zero-order valence-electron chi connectivity index (χ0n) is 11.6. The van der Waals surface area contributed by atoms with E-state index in [1.807, 2.05) is 23.5 Å². The van der Waals surface area contributed by atoms with Gasteiger partial charge in [-0.3, -0.25) is 4.40 Å². The molecule has 3 aromatic rings. The fourth-order valence-corrected chi connectivity index (χ4v) is 2.25. The lowest BCUT2D eigenvalue weighted by Gasteiger charge is -2.01. The van der Waals surface area contributed by atoms with Gasteiger partial charge in [0.05, 0.1) is 18.6 Å². The maximum atomic E-state index is 11.9. The van der Waals surface area contributed by atoms with Gasteiger partial charge in [0, 0.05) is 13.2 Å². The molecule has 0 aliphatic rings. The van der Waals surface area contributed by atoms with E-state index in [1.54, 1.807) is 31.0 Å². The van der Waals surface area contributed by atoms with Crippen molar-refractivity contribution < 1.29 is 13.9 Å². The predicted octanol–water partition coefficient (Wildman–Crippen LogP) is 2.42. The van der Waals surface area contributed by atoms with Gasteiger partial charge in [-0.15, -0.1) is 0 Å². The highest BCUT2D eigenvalue weighted by Crippen LogP contribution is 2.25. The number of fused-ring (bicyclic) bond motifs is 1. The minimum absolute atomic E-state index is 0.348. The maximum absolute atomic E-state index is 11.9. The molecule has 6 nitrogen and oxygen atoms in total. The lowest BCUT2D eigenvalue weighted by atomic mass is 10.3. The van der Waals surface area contributed by atoms with E-state index < -0.39 is 0 Å². The van der Waals surface area contributed by atoms with Gasteiger partial charge in [-0.1, -0.05) is 0 Å². The number of carbonyl (C=O) groups excluding carboxylic acids is 1. The van der Waals surface area contributed by atoms with Crippen LogP contribution in [-0.4, -0.2) is 26.5 Å². The van der Waals surface area contributed by atoms with Crippen LogP contribution in [0.5, 0.6) is 0 Å². The second-order valence-electron chi connectivity index (χ2n) is 4.49. The third-order valence-corrected chi connectivity index (χ3v) is 3.28. The number of carbonyl (C=O) groups is 1. The summed E-state index contributed by atoms with van der Waals surface area (Å²) in [6.45, 7) is 4.07. The lowest BCUT2D eigenvalue weighted by Crippen LogP contribution is -2.09. The second kappa shape index (κ2) is 4.56. The van der Waals surface area contributed by atoms with Gasteiger partial charge in [-0.2, -0.15) is 0 Å². The Hall–Kier alpha value is -2.50. The largest absolute Gasteiger partial charge is 0.463 e. The average molecular weight is 273 g/mol. The van der Waals surface area contributed by atoms with Crippen LogP contribution in [-0.2, 0) is 11.8 Å². The third-order valence-electron chi connectivity index (χ3n) is 3.28. The van der Waals surface area contributed by atoms with E-state index in [1.165, 1.54) is 0 Å². The number of rotatable bonds is 3. The van der Waals surface area contributed by atoms with Crippen LogP contribution < -0.4 is 0 Å². The van der Waals surface area contributed by atoms with E-state index >= 15 is 0 Å². The molecule has 3 aromatic heterocycles. The molecule has 0 aliphatic heterocycles. The van der Waals surface area contributed by atoms with Crippen molar-refractivity contribution in [3.05, 3.63) is 36.0 Å². The Bertz CT molecular complexity index is 765. The quantitative estimate of drug-likeness (QED) is 0.687. The summed E-state index contributed by atoms with van der Waals surface area (Å²) in [7, 11) is 1.79. The predicted molar refractivity (Wildman–Crippen MR) is 72.6 cm³/mol. The summed E-state index contributed by atoms with van der Waals surface area (Å²) in [5, 5.41) is 0. The Labute approximate surface area is 115 Å². The highest BCUT2D eigenvalue weighted by atomic mass is 16.5. The molecular formula is C14H15N3O3. The Morgan fingerprint density at radius 3 is 2.90 bits per heavy atom. The first kappa shape index (κ1) is 12.5.